The number of anilines is 1. The Morgan fingerprint density at radius 1 is 0.815 bits per heavy atom. The van der Waals surface area contributed by atoms with Gasteiger partial charge >= 0.3 is 0 Å². The van der Waals surface area contributed by atoms with E-state index in [1.54, 1.807) is 30.3 Å². The summed E-state index contributed by atoms with van der Waals surface area (Å²) in [4.78, 5) is 3.28. The highest BCUT2D eigenvalue weighted by atomic mass is 32.2. The summed E-state index contributed by atoms with van der Waals surface area (Å²) < 4.78 is 25.6. The molecule has 0 atom stereocenters. The average molecular weight is 396 g/mol. The van der Waals surface area contributed by atoms with Crippen LogP contribution in [-0.2, 0) is 9.84 Å². The fourth-order valence-electron chi connectivity index (χ4n) is 2.48. The van der Waals surface area contributed by atoms with Crippen LogP contribution < -0.4 is 4.90 Å². The fraction of sp³-hybridized carbons (Fsp3) is 0.0909. The lowest BCUT2D eigenvalue weighted by Gasteiger charge is -2.11. The van der Waals surface area contributed by atoms with E-state index < -0.39 is 9.84 Å². The topological polar surface area (TPSA) is 37.4 Å². The van der Waals surface area contributed by atoms with Crippen LogP contribution >= 0.6 is 11.3 Å². The van der Waals surface area contributed by atoms with E-state index in [4.69, 9.17) is 0 Å². The van der Waals surface area contributed by atoms with Crippen molar-refractivity contribution in [2.24, 2.45) is 0 Å². The number of sulfone groups is 1. The van der Waals surface area contributed by atoms with E-state index >= 15 is 0 Å². The standard InChI is InChI=1S/C22H21NO2S2/c1-23(2)19-14-12-18(13-15-19)8-6-7-9-20-16-17-22(26-20)27(24,25)21-10-4-3-5-11-21/h3-17H,1-2H3/b8-6+,9-7+. The molecule has 0 fully saturated rings. The number of allylic oxidation sites excluding steroid dienone is 2. The van der Waals surface area contributed by atoms with Crippen LogP contribution in [0.3, 0.4) is 0 Å². The molecule has 0 N–H and O–H groups in total. The van der Waals surface area contributed by atoms with Gasteiger partial charge < -0.3 is 4.90 Å². The Morgan fingerprint density at radius 3 is 2.15 bits per heavy atom. The second kappa shape index (κ2) is 8.37. The lowest BCUT2D eigenvalue weighted by molar-refractivity contribution is 0.598. The predicted octanol–water partition coefficient (Wildman–Crippen LogP) is 5.37. The Kier molecular flexibility index (Phi) is 5.94. The van der Waals surface area contributed by atoms with Crippen LogP contribution in [0.2, 0.25) is 0 Å². The van der Waals surface area contributed by atoms with Crippen molar-refractivity contribution >= 4 is 39.0 Å². The van der Waals surface area contributed by atoms with Gasteiger partial charge in [-0.15, -0.1) is 11.3 Å². The number of hydrogen-bond acceptors (Lipinski definition) is 4. The Hall–Kier alpha value is -2.63. The van der Waals surface area contributed by atoms with Crippen molar-refractivity contribution in [1.29, 1.82) is 0 Å². The zero-order valence-electron chi connectivity index (χ0n) is 15.2. The van der Waals surface area contributed by atoms with Gasteiger partial charge in [-0.1, -0.05) is 48.6 Å². The minimum atomic E-state index is -3.44. The molecule has 138 valence electrons. The summed E-state index contributed by atoms with van der Waals surface area (Å²) in [7, 11) is 0.589. The monoisotopic (exact) mass is 395 g/mol. The van der Waals surface area contributed by atoms with Gasteiger partial charge in [-0.05, 0) is 48.0 Å². The van der Waals surface area contributed by atoms with E-state index in [2.05, 4.69) is 29.2 Å². The van der Waals surface area contributed by atoms with Crippen molar-refractivity contribution in [2.45, 2.75) is 9.10 Å². The van der Waals surface area contributed by atoms with E-state index in [1.807, 2.05) is 50.5 Å². The molecule has 1 aromatic heterocycles. The molecule has 3 nitrogen and oxygen atoms in total. The third kappa shape index (κ3) is 4.76. The van der Waals surface area contributed by atoms with Crippen molar-refractivity contribution in [3.05, 3.63) is 89.3 Å². The van der Waals surface area contributed by atoms with Gasteiger partial charge in [-0.25, -0.2) is 8.42 Å². The molecule has 0 aliphatic rings. The minimum Gasteiger partial charge on any atom is -0.378 e. The molecular weight excluding hydrogens is 374 g/mol. The Morgan fingerprint density at radius 2 is 1.48 bits per heavy atom. The number of hydrogen-bond donors (Lipinski definition) is 0. The third-order valence-corrected chi connectivity index (χ3v) is 7.30. The van der Waals surface area contributed by atoms with Crippen molar-refractivity contribution in [2.75, 3.05) is 19.0 Å². The van der Waals surface area contributed by atoms with Gasteiger partial charge in [0.1, 0.15) is 4.21 Å². The van der Waals surface area contributed by atoms with E-state index in [-0.39, 0.29) is 0 Å². The van der Waals surface area contributed by atoms with Gasteiger partial charge in [-0.2, -0.15) is 0 Å². The molecule has 2 aromatic carbocycles. The van der Waals surface area contributed by atoms with E-state index in [0.717, 1.165) is 16.1 Å². The summed E-state index contributed by atoms with van der Waals surface area (Å²) >= 11 is 1.27. The van der Waals surface area contributed by atoms with Gasteiger partial charge in [0.25, 0.3) is 0 Å². The predicted molar refractivity (Wildman–Crippen MR) is 115 cm³/mol. The lowest BCUT2D eigenvalue weighted by Crippen LogP contribution is -2.07. The Bertz CT molecular complexity index is 1050. The first-order chi connectivity index (χ1) is 13.0. The highest BCUT2D eigenvalue weighted by Crippen LogP contribution is 2.28. The molecule has 3 rings (SSSR count). The van der Waals surface area contributed by atoms with Crippen LogP contribution in [0.5, 0.6) is 0 Å². The smallest absolute Gasteiger partial charge is 0.215 e. The van der Waals surface area contributed by atoms with E-state index in [9.17, 15) is 8.42 Å². The zero-order valence-corrected chi connectivity index (χ0v) is 16.9. The molecule has 27 heavy (non-hydrogen) atoms. The number of nitrogens with zero attached hydrogens (tertiary/aromatic N) is 1. The van der Waals surface area contributed by atoms with Crippen molar-refractivity contribution in [3.63, 3.8) is 0 Å². The first kappa shape index (κ1) is 19.1. The number of benzene rings is 2. The summed E-state index contributed by atoms with van der Waals surface area (Å²) in [5, 5.41) is 0. The maximum atomic E-state index is 12.6. The molecule has 5 heteroatoms. The van der Waals surface area contributed by atoms with Crippen LogP contribution in [0, 0.1) is 0 Å². The Balaban J connectivity index is 1.68. The summed E-state index contributed by atoms with van der Waals surface area (Å²) in [6.45, 7) is 0. The third-order valence-electron chi connectivity index (χ3n) is 3.99. The van der Waals surface area contributed by atoms with Gasteiger partial charge in [0, 0.05) is 24.7 Å². The van der Waals surface area contributed by atoms with Crippen molar-refractivity contribution in [1.82, 2.24) is 0 Å². The largest absolute Gasteiger partial charge is 0.378 e. The van der Waals surface area contributed by atoms with Crippen molar-refractivity contribution in [3.8, 4) is 0 Å². The molecule has 0 saturated carbocycles. The molecule has 1 heterocycles. The SMILES string of the molecule is CN(C)c1ccc(/C=C/C=C/c2ccc(S(=O)(=O)c3ccccc3)s2)cc1. The van der Waals surface area contributed by atoms with Gasteiger partial charge in [0.15, 0.2) is 0 Å². The number of rotatable bonds is 6. The summed E-state index contributed by atoms with van der Waals surface area (Å²) in [6, 6.07) is 20.3. The quantitative estimate of drug-likeness (QED) is 0.526. The highest BCUT2D eigenvalue weighted by molar-refractivity contribution is 7.93. The molecule has 0 unspecified atom stereocenters. The summed E-state index contributed by atoms with van der Waals surface area (Å²) in [6.07, 6.45) is 7.81. The molecule has 0 bridgehead atoms. The van der Waals surface area contributed by atoms with Crippen LogP contribution in [-0.4, -0.2) is 22.5 Å². The highest BCUT2D eigenvalue weighted by Gasteiger charge is 2.18. The molecule has 0 aliphatic carbocycles. The number of thiophene rings is 1. The minimum absolute atomic E-state index is 0.323. The molecule has 0 spiro atoms. The molecule has 3 aromatic rings. The van der Waals surface area contributed by atoms with E-state index in [1.165, 1.54) is 11.3 Å². The second-order valence-electron chi connectivity index (χ2n) is 6.18. The first-order valence-corrected chi connectivity index (χ1v) is 10.8. The molecule has 0 saturated heterocycles. The van der Waals surface area contributed by atoms with Crippen LogP contribution in [0.25, 0.3) is 12.2 Å². The first-order valence-electron chi connectivity index (χ1n) is 8.49. The van der Waals surface area contributed by atoms with Crippen LogP contribution in [0.4, 0.5) is 5.69 Å². The van der Waals surface area contributed by atoms with Gasteiger partial charge in [0.2, 0.25) is 9.84 Å². The molecular formula is C22H21NO2S2. The fourth-order valence-corrected chi connectivity index (χ4v) is 5.15. The maximum absolute atomic E-state index is 12.6. The van der Waals surface area contributed by atoms with Gasteiger partial charge in [0.05, 0.1) is 4.90 Å². The average Bonchev–Trinajstić information content (AvgIpc) is 3.16. The lowest BCUT2D eigenvalue weighted by atomic mass is 10.2. The zero-order chi connectivity index (χ0) is 19.3. The van der Waals surface area contributed by atoms with Crippen LogP contribution in [0.1, 0.15) is 10.4 Å². The van der Waals surface area contributed by atoms with Crippen molar-refractivity contribution < 1.29 is 8.42 Å². The molecule has 0 radical (unpaired) electrons. The second-order valence-corrected chi connectivity index (χ2v) is 9.47. The molecule has 0 aliphatic heterocycles. The Labute approximate surface area is 164 Å². The summed E-state index contributed by atoms with van der Waals surface area (Å²) in [5.74, 6) is 0. The normalized spacial score (nSPS) is 12.1. The summed E-state index contributed by atoms with van der Waals surface area (Å²) in [5.41, 5.74) is 2.28. The maximum Gasteiger partial charge on any atom is 0.215 e. The van der Waals surface area contributed by atoms with E-state index in [0.29, 0.717) is 9.10 Å². The molecule has 0 amide bonds. The van der Waals surface area contributed by atoms with Gasteiger partial charge in [-0.3, -0.25) is 0 Å². The van der Waals surface area contributed by atoms with Crippen LogP contribution in [0.15, 0.2) is 88.0 Å².